The molecule has 0 radical (unpaired) electrons. The monoisotopic (exact) mass is 422 g/mol. The standard InChI is InChI=1S/C21H22N6O4/c1-2-31-21(28)15-8-5-11-26(12-15)20-18(27(29)30)19(23-13-24-20)25-16-9-3-6-14-7-4-10-22-17(14)16/h3-4,6-7,9-10,13,15H,2,5,8,11-12H2,1H3,(H,23,24,25). The largest absolute Gasteiger partial charge is 0.466 e. The van der Waals surface area contributed by atoms with Crippen molar-refractivity contribution in [3.63, 3.8) is 0 Å². The second-order valence-electron chi connectivity index (χ2n) is 7.19. The summed E-state index contributed by atoms with van der Waals surface area (Å²) in [7, 11) is 0. The number of rotatable bonds is 6. The fourth-order valence-electron chi connectivity index (χ4n) is 3.82. The maximum absolute atomic E-state index is 12.2. The highest BCUT2D eigenvalue weighted by atomic mass is 16.6. The summed E-state index contributed by atoms with van der Waals surface area (Å²) in [6.45, 7) is 2.93. The fraction of sp³-hybridized carbons (Fsp3) is 0.333. The molecule has 0 spiro atoms. The average molecular weight is 422 g/mol. The van der Waals surface area contributed by atoms with E-state index in [9.17, 15) is 14.9 Å². The first-order valence-corrected chi connectivity index (χ1v) is 10.1. The summed E-state index contributed by atoms with van der Waals surface area (Å²) in [6, 6.07) is 9.29. The van der Waals surface area contributed by atoms with Gasteiger partial charge in [-0.2, -0.15) is 0 Å². The van der Waals surface area contributed by atoms with Gasteiger partial charge in [-0.25, -0.2) is 9.97 Å². The molecule has 0 amide bonds. The molecule has 1 saturated heterocycles. The molecule has 4 rings (SSSR count). The van der Waals surface area contributed by atoms with E-state index >= 15 is 0 Å². The predicted octanol–water partition coefficient (Wildman–Crippen LogP) is 3.46. The van der Waals surface area contributed by atoms with Crippen molar-refractivity contribution in [2.24, 2.45) is 5.92 Å². The minimum atomic E-state index is -0.496. The number of aromatic nitrogens is 3. The van der Waals surface area contributed by atoms with Crippen molar-refractivity contribution in [1.82, 2.24) is 15.0 Å². The Labute approximate surface area is 178 Å². The van der Waals surface area contributed by atoms with Gasteiger partial charge in [-0.15, -0.1) is 0 Å². The number of nitro groups is 1. The number of esters is 1. The Bertz CT molecular complexity index is 1120. The highest BCUT2D eigenvalue weighted by Crippen LogP contribution is 2.36. The van der Waals surface area contributed by atoms with Gasteiger partial charge in [0.15, 0.2) is 0 Å². The zero-order chi connectivity index (χ0) is 21.8. The third-order valence-corrected chi connectivity index (χ3v) is 5.21. The van der Waals surface area contributed by atoms with Crippen LogP contribution in [0.4, 0.5) is 23.0 Å². The van der Waals surface area contributed by atoms with Gasteiger partial charge in [0.05, 0.1) is 28.7 Å². The molecule has 3 aromatic rings. The second-order valence-corrected chi connectivity index (χ2v) is 7.19. The lowest BCUT2D eigenvalue weighted by atomic mass is 9.98. The Morgan fingerprint density at radius 2 is 2.13 bits per heavy atom. The minimum absolute atomic E-state index is 0.0754. The van der Waals surface area contributed by atoms with Crippen molar-refractivity contribution in [2.75, 3.05) is 29.9 Å². The van der Waals surface area contributed by atoms with Crippen LogP contribution >= 0.6 is 0 Å². The van der Waals surface area contributed by atoms with Gasteiger partial charge in [0.1, 0.15) is 6.33 Å². The van der Waals surface area contributed by atoms with E-state index in [4.69, 9.17) is 4.74 Å². The van der Waals surface area contributed by atoms with E-state index in [0.717, 1.165) is 5.39 Å². The molecule has 1 N–H and O–H groups in total. The van der Waals surface area contributed by atoms with Crippen molar-refractivity contribution < 1.29 is 14.5 Å². The molecule has 1 unspecified atom stereocenters. The van der Waals surface area contributed by atoms with Crippen LogP contribution < -0.4 is 10.2 Å². The Kier molecular flexibility index (Phi) is 5.87. The maximum atomic E-state index is 12.2. The van der Waals surface area contributed by atoms with Crippen LogP contribution in [0, 0.1) is 16.0 Å². The molecule has 0 aliphatic carbocycles. The molecule has 160 valence electrons. The lowest BCUT2D eigenvalue weighted by Gasteiger charge is -2.32. The van der Waals surface area contributed by atoms with Gasteiger partial charge in [0, 0.05) is 24.7 Å². The molecular formula is C21H22N6O4. The van der Waals surface area contributed by atoms with Crippen LogP contribution in [0.25, 0.3) is 10.9 Å². The lowest BCUT2D eigenvalue weighted by molar-refractivity contribution is -0.383. The van der Waals surface area contributed by atoms with E-state index < -0.39 is 4.92 Å². The number of anilines is 3. The fourth-order valence-corrected chi connectivity index (χ4v) is 3.82. The predicted molar refractivity (Wildman–Crippen MR) is 115 cm³/mol. The summed E-state index contributed by atoms with van der Waals surface area (Å²) in [5.41, 5.74) is 1.05. The van der Waals surface area contributed by atoms with Crippen molar-refractivity contribution in [1.29, 1.82) is 0 Å². The van der Waals surface area contributed by atoms with Crippen LogP contribution in [-0.2, 0) is 9.53 Å². The van der Waals surface area contributed by atoms with Crippen LogP contribution in [-0.4, -0.2) is 45.5 Å². The van der Waals surface area contributed by atoms with Crippen LogP contribution in [0.2, 0.25) is 0 Å². The third kappa shape index (κ3) is 4.23. The molecule has 1 fully saturated rings. The molecule has 1 aliphatic rings. The number of nitrogens with one attached hydrogen (secondary N) is 1. The average Bonchev–Trinajstić information content (AvgIpc) is 2.79. The van der Waals surface area contributed by atoms with E-state index in [0.29, 0.717) is 43.7 Å². The number of ether oxygens (including phenoxy) is 1. The molecule has 10 heteroatoms. The minimum Gasteiger partial charge on any atom is -0.466 e. The van der Waals surface area contributed by atoms with E-state index in [1.54, 1.807) is 24.1 Å². The molecule has 31 heavy (non-hydrogen) atoms. The van der Waals surface area contributed by atoms with Gasteiger partial charge in [0.25, 0.3) is 0 Å². The van der Waals surface area contributed by atoms with E-state index in [1.807, 2.05) is 24.3 Å². The van der Waals surface area contributed by atoms with Gasteiger partial charge in [-0.05, 0) is 31.9 Å². The number of carbonyl (C=O) groups excluding carboxylic acids is 1. The van der Waals surface area contributed by atoms with Gasteiger partial charge in [0.2, 0.25) is 11.6 Å². The summed E-state index contributed by atoms with van der Waals surface area (Å²) in [4.78, 5) is 38.2. The number of fused-ring (bicyclic) bond motifs is 1. The van der Waals surface area contributed by atoms with Crippen LogP contribution in [0.15, 0.2) is 42.9 Å². The molecule has 1 atom stereocenters. The van der Waals surface area contributed by atoms with Crippen molar-refractivity contribution >= 4 is 39.9 Å². The molecule has 0 bridgehead atoms. The lowest BCUT2D eigenvalue weighted by Crippen LogP contribution is -2.40. The van der Waals surface area contributed by atoms with Crippen molar-refractivity contribution in [3.8, 4) is 0 Å². The van der Waals surface area contributed by atoms with Crippen molar-refractivity contribution in [3.05, 3.63) is 53.0 Å². The second kappa shape index (κ2) is 8.90. The van der Waals surface area contributed by atoms with E-state index in [1.165, 1.54) is 6.33 Å². The first-order chi connectivity index (χ1) is 15.1. The summed E-state index contributed by atoms with van der Waals surface area (Å²) >= 11 is 0. The number of carbonyl (C=O) groups is 1. The normalized spacial score (nSPS) is 16.2. The van der Waals surface area contributed by atoms with Crippen molar-refractivity contribution in [2.45, 2.75) is 19.8 Å². The Morgan fingerprint density at radius 1 is 1.29 bits per heavy atom. The quantitative estimate of drug-likeness (QED) is 0.361. The molecule has 2 aromatic heterocycles. The zero-order valence-electron chi connectivity index (χ0n) is 17.0. The Balaban J connectivity index is 1.69. The zero-order valence-corrected chi connectivity index (χ0v) is 17.0. The highest BCUT2D eigenvalue weighted by molar-refractivity contribution is 5.92. The first-order valence-electron chi connectivity index (χ1n) is 10.1. The molecule has 10 nitrogen and oxygen atoms in total. The number of nitrogens with zero attached hydrogens (tertiary/aromatic N) is 5. The van der Waals surface area contributed by atoms with Crippen LogP contribution in [0.3, 0.4) is 0 Å². The third-order valence-electron chi connectivity index (χ3n) is 5.21. The number of pyridine rings is 1. The molecule has 3 heterocycles. The van der Waals surface area contributed by atoms with Gasteiger partial charge in [-0.3, -0.25) is 19.9 Å². The molecule has 1 aliphatic heterocycles. The SMILES string of the molecule is CCOC(=O)C1CCCN(c2ncnc(Nc3cccc4cccnc34)c2[N+](=O)[O-])C1. The summed E-state index contributed by atoms with van der Waals surface area (Å²) in [5.74, 6) is -0.373. The molecular weight excluding hydrogens is 400 g/mol. The van der Waals surface area contributed by atoms with E-state index in [2.05, 4.69) is 20.3 Å². The topological polar surface area (TPSA) is 123 Å². The van der Waals surface area contributed by atoms with E-state index in [-0.39, 0.29) is 29.2 Å². The summed E-state index contributed by atoms with van der Waals surface area (Å²) < 4.78 is 5.14. The molecule has 0 saturated carbocycles. The Hall–Kier alpha value is -3.82. The highest BCUT2D eigenvalue weighted by Gasteiger charge is 2.33. The first kappa shape index (κ1) is 20.5. The maximum Gasteiger partial charge on any atom is 0.353 e. The van der Waals surface area contributed by atoms with Gasteiger partial charge >= 0.3 is 11.7 Å². The summed E-state index contributed by atoms with van der Waals surface area (Å²) in [5, 5.41) is 16.0. The van der Waals surface area contributed by atoms with Gasteiger partial charge < -0.3 is 15.0 Å². The van der Waals surface area contributed by atoms with Crippen LogP contribution in [0.5, 0.6) is 0 Å². The number of piperidine rings is 1. The number of para-hydroxylation sites is 1. The summed E-state index contributed by atoms with van der Waals surface area (Å²) in [6.07, 6.45) is 4.34. The van der Waals surface area contributed by atoms with Gasteiger partial charge in [-0.1, -0.05) is 18.2 Å². The van der Waals surface area contributed by atoms with Crippen LogP contribution in [0.1, 0.15) is 19.8 Å². The number of hydrogen-bond acceptors (Lipinski definition) is 9. The molecule has 1 aromatic carbocycles. The smallest absolute Gasteiger partial charge is 0.353 e. The number of benzene rings is 1. The Morgan fingerprint density at radius 3 is 2.94 bits per heavy atom. The number of hydrogen-bond donors (Lipinski definition) is 1.